The van der Waals surface area contributed by atoms with Crippen LogP contribution in [0.3, 0.4) is 0 Å². The Labute approximate surface area is 229 Å². The molecular formula is C29H34FN3O5S. The highest BCUT2D eigenvalue weighted by molar-refractivity contribution is 7.92. The minimum Gasteiger partial charge on any atom is -0.497 e. The van der Waals surface area contributed by atoms with Crippen LogP contribution in [0.2, 0.25) is 0 Å². The quantitative estimate of drug-likeness (QED) is 0.361. The Hall–Kier alpha value is -3.92. The molecule has 2 amide bonds. The minimum absolute atomic E-state index is 0.0239. The number of anilines is 1. The molecule has 0 radical (unpaired) electrons. The summed E-state index contributed by atoms with van der Waals surface area (Å²) in [6.07, 6.45) is 0. The number of benzene rings is 3. The molecule has 0 saturated heterocycles. The summed E-state index contributed by atoms with van der Waals surface area (Å²) in [5, 5.41) is 2.84. The van der Waals surface area contributed by atoms with Gasteiger partial charge < -0.3 is 15.0 Å². The molecule has 8 nitrogen and oxygen atoms in total. The SMILES string of the molecule is COc1cccc(CN(C(=O)CN(c2ccc(F)cc2)S(=O)(=O)c2ccccc2)[C@@H](C)C(=O)NCC(C)C)c1. The summed E-state index contributed by atoms with van der Waals surface area (Å²) >= 11 is 0. The Morgan fingerprint density at radius 2 is 1.62 bits per heavy atom. The van der Waals surface area contributed by atoms with Crippen LogP contribution in [-0.4, -0.2) is 51.4 Å². The van der Waals surface area contributed by atoms with Gasteiger partial charge in [-0.2, -0.15) is 0 Å². The number of ether oxygens (including phenoxy) is 1. The second kappa shape index (κ2) is 13.2. The van der Waals surface area contributed by atoms with Gasteiger partial charge in [-0.15, -0.1) is 0 Å². The first-order valence-corrected chi connectivity index (χ1v) is 14.0. The van der Waals surface area contributed by atoms with E-state index in [2.05, 4.69) is 5.32 Å². The Morgan fingerprint density at radius 1 is 0.949 bits per heavy atom. The Bertz CT molecular complexity index is 1370. The summed E-state index contributed by atoms with van der Waals surface area (Å²) in [5.74, 6) is -0.727. The molecule has 0 heterocycles. The first-order chi connectivity index (χ1) is 18.5. The van der Waals surface area contributed by atoms with Crippen LogP contribution in [0.15, 0.2) is 83.8 Å². The molecular weight excluding hydrogens is 521 g/mol. The summed E-state index contributed by atoms with van der Waals surface area (Å²) in [7, 11) is -2.68. The highest BCUT2D eigenvalue weighted by Crippen LogP contribution is 2.25. The van der Waals surface area contributed by atoms with Crippen molar-refractivity contribution in [3.05, 3.63) is 90.2 Å². The van der Waals surface area contributed by atoms with Crippen LogP contribution in [0.25, 0.3) is 0 Å². The normalized spacial score (nSPS) is 12.1. The van der Waals surface area contributed by atoms with Crippen molar-refractivity contribution in [2.45, 2.75) is 38.3 Å². The molecule has 0 spiro atoms. The van der Waals surface area contributed by atoms with Gasteiger partial charge in [0.1, 0.15) is 24.2 Å². The molecule has 1 N–H and O–H groups in total. The Kier molecular flexibility index (Phi) is 10.1. The molecule has 0 aromatic heterocycles. The number of nitrogens with zero attached hydrogens (tertiary/aromatic N) is 2. The molecule has 0 bridgehead atoms. The molecule has 3 aromatic rings. The van der Waals surface area contributed by atoms with Crippen LogP contribution < -0.4 is 14.4 Å². The lowest BCUT2D eigenvalue weighted by molar-refractivity contribution is -0.139. The second-order valence-corrected chi connectivity index (χ2v) is 11.4. The topological polar surface area (TPSA) is 96.0 Å². The smallest absolute Gasteiger partial charge is 0.264 e. The van der Waals surface area contributed by atoms with E-state index in [4.69, 9.17) is 4.74 Å². The van der Waals surface area contributed by atoms with E-state index in [1.54, 1.807) is 49.4 Å². The van der Waals surface area contributed by atoms with Crippen molar-refractivity contribution in [1.82, 2.24) is 10.2 Å². The van der Waals surface area contributed by atoms with Gasteiger partial charge in [0.25, 0.3) is 10.0 Å². The monoisotopic (exact) mass is 555 g/mol. The van der Waals surface area contributed by atoms with Crippen LogP contribution in [-0.2, 0) is 26.2 Å². The average molecular weight is 556 g/mol. The van der Waals surface area contributed by atoms with E-state index in [1.165, 1.54) is 36.3 Å². The summed E-state index contributed by atoms with van der Waals surface area (Å²) in [4.78, 5) is 28.2. The van der Waals surface area contributed by atoms with Crippen LogP contribution in [0.1, 0.15) is 26.3 Å². The fourth-order valence-corrected chi connectivity index (χ4v) is 5.29. The highest BCUT2D eigenvalue weighted by atomic mass is 32.2. The molecule has 3 aromatic carbocycles. The zero-order chi connectivity index (χ0) is 28.6. The number of sulfonamides is 1. The largest absolute Gasteiger partial charge is 0.497 e. The molecule has 0 aliphatic rings. The molecule has 0 aliphatic carbocycles. The first kappa shape index (κ1) is 29.6. The number of methoxy groups -OCH3 is 1. The van der Waals surface area contributed by atoms with Crippen molar-refractivity contribution in [2.75, 3.05) is 24.5 Å². The second-order valence-electron chi connectivity index (χ2n) is 9.49. The van der Waals surface area contributed by atoms with Gasteiger partial charge in [0.05, 0.1) is 17.7 Å². The maximum atomic E-state index is 13.8. The lowest BCUT2D eigenvalue weighted by Crippen LogP contribution is -2.51. The van der Waals surface area contributed by atoms with Crippen LogP contribution in [0, 0.1) is 11.7 Å². The summed E-state index contributed by atoms with van der Waals surface area (Å²) in [6, 6.07) is 18.7. The standard InChI is InChI=1S/C29H34FN3O5S/c1-21(2)18-31-29(35)22(3)32(19-23-9-8-10-26(17-23)38-4)28(34)20-33(25-15-13-24(30)14-16-25)39(36,37)27-11-6-5-7-12-27/h5-17,21-22H,18-20H2,1-4H3,(H,31,35)/t22-/m0/s1. The van der Waals surface area contributed by atoms with Crippen molar-refractivity contribution in [1.29, 1.82) is 0 Å². The number of hydrogen-bond donors (Lipinski definition) is 1. The summed E-state index contributed by atoms with van der Waals surface area (Å²) in [6.45, 7) is 5.37. The predicted octanol–water partition coefficient (Wildman–Crippen LogP) is 4.22. The molecule has 0 unspecified atom stereocenters. The predicted molar refractivity (Wildman–Crippen MR) is 148 cm³/mol. The molecule has 1 atom stereocenters. The van der Waals surface area contributed by atoms with Crippen molar-refractivity contribution in [3.8, 4) is 5.75 Å². The maximum Gasteiger partial charge on any atom is 0.264 e. The number of nitrogens with one attached hydrogen (secondary N) is 1. The van der Waals surface area contributed by atoms with Gasteiger partial charge in [0.15, 0.2) is 0 Å². The van der Waals surface area contributed by atoms with E-state index < -0.39 is 34.3 Å². The molecule has 3 rings (SSSR count). The third-order valence-electron chi connectivity index (χ3n) is 6.06. The fourth-order valence-electron chi connectivity index (χ4n) is 3.86. The maximum absolute atomic E-state index is 13.8. The molecule has 0 saturated carbocycles. The van der Waals surface area contributed by atoms with Crippen molar-refractivity contribution >= 4 is 27.5 Å². The lowest BCUT2D eigenvalue weighted by Gasteiger charge is -2.32. The summed E-state index contributed by atoms with van der Waals surface area (Å²) in [5.41, 5.74) is 0.817. The fraction of sp³-hybridized carbons (Fsp3) is 0.310. The van der Waals surface area contributed by atoms with Crippen LogP contribution in [0.5, 0.6) is 5.75 Å². The molecule has 208 valence electrons. The van der Waals surface area contributed by atoms with Gasteiger partial charge in [-0.3, -0.25) is 13.9 Å². The zero-order valence-electron chi connectivity index (χ0n) is 22.5. The van der Waals surface area contributed by atoms with Gasteiger partial charge in [-0.25, -0.2) is 12.8 Å². The van der Waals surface area contributed by atoms with Crippen LogP contribution >= 0.6 is 0 Å². The minimum atomic E-state index is -4.20. The van der Waals surface area contributed by atoms with E-state index in [0.29, 0.717) is 17.9 Å². The number of hydrogen-bond acceptors (Lipinski definition) is 5. The number of halogens is 1. The number of rotatable bonds is 12. The number of amides is 2. The highest BCUT2D eigenvalue weighted by Gasteiger charge is 2.32. The van der Waals surface area contributed by atoms with Gasteiger partial charge in [0, 0.05) is 13.1 Å². The lowest BCUT2D eigenvalue weighted by atomic mass is 10.1. The number of carbonyl (C=O) groups is 2. The summed E-state index contributed by atoms with van der Waals surface area (Å²) < 4.78 is 47.2. The van der Waals surface area contributed by atoms with Gasteiger partial charge in [-0.1, -0.05) is 44.2 Å². The van der Waals surface area contributed by atoms with Gasteiger partial charge in [0.2, 0.25) is 11.8 Å². The van der Waals surface area contributed by atoms with Crippen molar-refractivity contribution < 1.29 is 27.1 Å². The molecule has 10 heteroatoms. The zero-order valence-corrected chi connectivity index (χ0v) is 23.3. The van der Waals surface area contributed by atoms with Crippen molar-refractivity contribution in [3.63, 3.8) is 0 Å². The average Bonchev–Trinajstić information content (AvgIpc) is 2.93. The van der Waals surface area contributed by atoms with E-state index in [0.717, 1.165) is 16.4 Å². The molecule has 0 fully saturated rings. The Balaban J connectivity index is 2.00. The van der Waals surface area contributed by atoms with Crippen molar-refractivity contribution in [2.24, 2.45) is 5.92 Å². The molecule has 39 heavy (non-hydrogen) atoms. The third kappa shape index (κ3) is 7.79. The molecule has 0 aliphatic heterocycles. The first-order valence-electron chi connectivity index (χ1n) is 12.6. The van der Waals surface area contributed by atoms with E-state index in [1.807, 2.05) is 13.8 Å². The van der Waals surface area contributed by atoms with E-state index in [-0.39, 0.29) is 29.0 Å². The third-order valence-corrected chi connectivity index (χ3v) is 7.85. The van der Waals surface area contributed by atoms with Crippen LogP contribution in [0.4, 0.5) is 10.1 Å². The Morgan fingerprint density at radius 3 is 2.23 bits per heavy atom. The van der Waals surface area contributed by atoms with Gasteiger partial charge in [-0.05, 0) is 66.9 Å². The number of carbonyl (C=O) groups excluding carboxylic acids is 2. The van der Waals surface area contributed by atoms with E-state index in [9.17, 15) is 22.4 Å². The van der Waals surface area contributed by atoms with Gasteiger partial charge >= 0.3 is 0 Å². The van der Waals surface area contributed by atoms with E-state index >= 15 is 0 Å².